The predicted octanol–water partition coefficient (Wildman–Crippen LogP) is 0.418. The van der Waals surface area contributed by atoms with Crippen molar-refractivity contribution in [2.24, 2.45) is 0 Å². The molecule has 1 fully saturated rings. The first-order chi connectivity index (χ1) is 7.24. The van der Waals surface area contributed by atoms with Crippen LogP contribution < -0.4 is 10.1 Å². The van der Waals surface area contributed by atoms with Crippen LogP contribution in [0.15, 0.2) is 6.07 Å². The lowest BCUT2D eigenvalue weighted by atomic mass is 10.3. The maximum atomic E-state index is 5.68. The molecule has 1 unspecified atom stereocenters. The highest BCUT2D eigenvalue weighted by atomic mass is 16.5. The first-order valence-corrected chi connectivity index (χ1v) is 5.01. The fourth-order valence-corrected chi connectivity index (χ4v) is 1.53. The first kappa shape index (κ1) is 10.3. The Labute approximate surface area is 88.8 Å². The number of hydrogen-bond acceptors (Lipinski definition) is 5. The molecule has 1 aliphatic heterocycles. The smallest absolute Gasteiger partial charge is 0.217 e. The van der Waals surface area contributed by atoms with Gasteiger partial charge in [0.15, 0.2) is 0 Å². The van der Waals surface area contributed by atoms with E-state index < -0.39 is 0 Å². The number of aromatic nitrogens is 2. The summed E-state index contributed by atoms with van der Waals surface area (Å²) in [6, 6.07) is 1.83. The zero-order valence-corrected chi connectivity index (χ0v) is 8.99. The van der Waals surface area contributed by atoms with E-state index in [-0.39, 0.29) is 6.10 Å². The van der Waals surface area contributed by atoms with Crippen molar-refractivity contribution in [2.45, 2.75) is 20.0 Å². The predicted molar refractivity (Wildman–Crippen MR) is 54.7 cm³/mol. The standard InChI is InChI=1S/C10H15N3O2/c1-7-3-10(13-8(2)12-7)15-9-4-11-6-14-5-9/h3,9,11H,4-6H2,1-2H3. The van der Waals surface area contributed by atoms with Crippen LogP contribution in [-0.2, 0) is 4.74 Å². The minimum absolute atomic E-state index is 0.0347. The summed E-state index contributed by atoms with van der Waals surface area (Å²) >= 11 is 0. The second-order valence-corrected chi connectivity index (χ2v) is 3.60. The average Bonchev–Trinajstić information content (AvgIpc) is 2.17. The molecule has 0 saturated carbocycles. The van der Waals surface area contributed by atoms with Crippen molar-refractivity contribution in [1.29, 1.82) is 0 Å². The second kappa shape index (κ2) is 4.55. The molecular weight excluding hydrogens is 194 g/mol. The normalized spacial score (nSPS) is 21.3. The molecule has 1 aromatic heterocycles. The third-order valence-electron chi connectivity index (χ3n) is 2.11. The lowest BCUT2D eigenvalue weighted by molar-refractivity contribution is 0.00114. The van der Waals surface area contributed by atoms with E-state index in [2.05, 4.69) is 15.3 Å². The van der Waals surface area contributed by atoms with E-state index in [1.165, 1.54) is 0 Å². The summed E-state index contributed by atoms with van der Waals surface area (Å²) in [5.74, 6) is 1.35. The Hall–Kier alpha value is -1.20. The van der Waals surface area contributed by atoms with Crippen LogP contribution in [-0.4, -0.2) is 36.0 Å². The number of rotatable bonds is 2. The van der Waals surface area contributed by atoms with Gasteiger partial charge in [-0.05, 0) is 13.8 Å². The maximum Gasteiger partial charge on any atom is 0.217 e. The average molecular weight is 209 g/mol. The molecule has 15 heavy (non-hydrogen) atoms. The summed E-state index contributed by atoms with van der Waals surface area (Å²) < 4.78 is 10.9. The van der Waals surface area contributed by atoms with E-state index in [1.54, 1.807) is 0 Å². The van der Waals surface area contributed by atoms with Crippen LogP contribution in [0.25, 0.3) is 0 Å². The van der Waals surface area contributed by atoms with Crippen LogP contribution in [0, 0.1) is 13.8 Å². The van der Waals surface area contributed by atoms with Gasteiger partial charge in [0, 0.05) is 18.3 Å². The fraction of sp³-hybridized carbons (Fsp3) is 0.600. The number of ether oxygens (including phenoxy) is 2. The Bertz CT molecular complexity index is 317. The molecule has 2 rings (SSSR count). The highest BCUT2D eigenvalue weighted by Crippen LogP contribution is 2.11. The molecule has 2 heterocycles. The summed E-state index contributed by atoms with van der Waals surface area (Å²) in [6.45, 7) is 5.78. The molecule has 1 saturated heterocycles. The summed E-state index contributed by atoms with van der Waals surface area (Å²) in [6.07, 6.45) is 0.0347. The molecule has 1 aromatic rings. The molecule has 0 amide bonds. The number of aryl methyl sites for hydroxylation is 2. The molecule has 0 aromatic carbocycles. The van der Waals surface area contributed by atoms with Gasteiger partial charge in [-0.25, -0.2) is 4.98 Å². The van der Waals surface area contributed by atoms with Crippen LogP contribution in [0.1, 0.15) is 11.5 Å². The van der Waals surface area contributed by atoms with E-state index in [0.717, 1.165) is 18.1 Å². The lowest BCUT2D eigenvalue weighted by Crippen LogP contribution is -2.42. The molecule has 0 bridgehead atoms. The van der Waals surface area contributed by atoms with Gasteiger partial charge in [-0.2, -0.15) is 4.98 Å². The van der Waals surface area contributed by atoms with Gasteiger partial charge in [-0.15, -0.1) is 0 Å². The van der Waals surface area contributed by atoms with Crippen molar-refractivity contribution in [1.82, 2.24) is 15.3 Å². The summed E-state index contributed by atoms with van der Waals surface area (Å²) in [5, 5.41) is 3.09. The summed E-state index contributed by atoms with van der Waals surface area (Å²) in [5.41, 5.74) is 0.919. The highest BCUT2D eigenvalue weighted by molar-refractivity contribution is 5.15. The van der Waals surface area contributed by atoms with Crippen LogP contribution in [0.5, 0.6) is 5.88 Å². The van der Waals surface area contributed by atoms with Crippen molar-refractivity contribution in [3.63, 3.8) is 0 Å². The Morgan fingerprint density at radius 1 is 1.47 bits per heavy atom. The molecule has 0 spiro atoms. The molecule has 1 atom stereocenters. The third kappa shape index (κ3) is 2.87. The van der Waals surface area contributed by atoms with Crippen molar-refractivity contribution < 1.29 is 9.47 Å². The lowest BCUT2D eigenvalue weighted by Gasteiger charge is -2.23. The van der Waals surface area contributed by atoms with Crippen LogP contribution in [0.3, 0.4) is 0 Å². The molecular formula is C10H15N3O2. The van der Waals surface area contributed by atoms with Gasteiger partial charge >= 0.3 is 0 Å². The fourth-order valence-electron chi connectivity index (χ4n) is 1.53. The van der Waals surface area contributed by atoms with E-state index in [9.17, 15) is 0 Å². The first-order valence-electron chi connectivity index (χ1n) is 5.01. The SMILES string of the molecule is Cc1cc(OC2CNCOC2)nc(C)n1. The molecule has 5 heteroatoms. The number of nitrogens with one attached hydrogen (secondary N) is 1. The zero-order chi connectivity index (χ0) is 10.7. The Kier molecular flexibility index (Phi) is 3.13. The van der Waals surface area contributed by atoms with E-state index in [4.69, 9.17) is 9.47 Å². The number of hydrogen-bond donors (Lipinski definition) is 1. The largest absolute Gasteiger partial charge is 0.470 e. The second-order valence-electron chi connectivity index (χ2n) is 3.60. The van der Waals surface area contributed by atoms with Crippen molar-refractivity contribution >= 4 is 0 Å². The van der Waals surface area contributed by atoms with Gasteiger partial charge in [0.1, 0.15) is 11.9 Å². The summed E-state index contributed by atoms with van der Waals surface area (Å²) in [7, 11) is 0. The van der Waals surface area contributed by atoms with Crippen LogP contribution in [0.2, 0.25) is 0 Å². The van der Waals surface area contributed by atoms with Gasteiger partial charge in [-0.3, -0.25) is 5.32 Å². The van der Waals surface area contributed by atoms with E-state index >= 15 is 0 Å². The minimum atomic E-state index is 0.0347. The van der Waals surface area contributed by atoms with Gasteiger partial charge in [-0.1, -0.05) is 0 Å². The number of nitrogens with zero attached hydrogens (tertiary/aromatic N) is 2. The van der Waals surface area contributed by atoms with E-state index in [0.29, 0.717) is 19.2 Å². The molecule has 82 valence electrons. The minimum Gasteiger partial charge on any atom is -0.470 e. The van der Waals surface area contributed by atoms with E-state index in [1.807, 2.05) is 19.9 Å². The van der Waals surface area contributed by atoms with Gasteiger partial charge < -0.3 is 9.47 Å². The van der Waals surface area contributed by atoms with Gasteiger partial charge in [0.05, 0.1) is 13.3 Å². The maximum absolute atomic E-state index is 5.68. The Balaban J connectivity index is 2.02. The zero-order valence-electron chi connectivity index (χ0n) is 8.99. The quantitative estimate of drug-likeness (QED) is 0.765. The van der Waals surface area contributed by atoms with Crippen molar-refractivity contribution in [2.75, 3.05) is 19.9 Å². The monoisotopic (exact) mass is 209 g/mol. The molecule has 1 N–H and O–H groups in total. The molecule has 5 nitrogen and oxygen atoms in total. The highest BCUT2D eigenvalue weighted by Gasteiger charge is 2.15. The van der Waals surface area contributed by atoms with Crippen molar-refractivity contribution in [3.05, 3.63) is 17.6 Å². The Morgan fingerprint density at radius 2 is 2.33 bits per heavy atom. The van der Waals surface area contributed by atoms with Crippen LogP contribution in [0.4, 0.5) is 0 Å². The Morgan fingerprint density at radius 3 is 3.00 bits per heavy atom. The van der Waals surface area contributed by atoms with Gasteiger partial charge in [0.2, 0.25) is 5.88 Å². The van der Waals surface area contributed by atoms with Crippen molar-refractivity contribution in [3.8, 4) is 5.88 Å². The topological polar surface area (TPSA) is 56.3 Å². The summed E-state index contributed by atoms with van der Waals surface area (Å²) in [4.78, 5) is 8.40. The third-order valence-corrected chi connectivity index (χ3v) is 2.11. The van der Waals surface area contributed by atoms with Crippen LogP contribution >= 0.6 is 0 Å². The molecule has 0 aliphatic carbocycles. The molecule has 0 radical (unpaired) electrons. The molecule has 1 aliphatic rings. The van der Waals surface area contributed by atoms with Gasteiger partial charge in [0.25, 0.3) is 0 Å².